The largest absolute Gasteiger partial charge is 0.323 e. The van der Waals surface area contributed by atoms with Crippen LogP contribution >= 0.6 is 0 Å². The highest BCUT2D eigenvalue weighted by Gasteiger charge is 2.22. The first-order valence-corrected chi connectivity index (χ1v) is 6.02. The molecule has 0 radical (unpaired) electrons. The van der Waals surface area contributed by atoms with Crippen molar-refractivity contribution in [3.05, 3.63) is 54.6 Å². The summed E-state index contributed by atoms with van der Waals surface area (Å²) in [5.74, 6) is 5.65. The molecule has 0 unspecified atom stereocenters. The molecule has 0 bridgehead atoms. The maximum atomic E-state index is 5.65. The molecule has 1 aliphatic rings. The summed E-state index contributed by atoms with van der Waals surface area (Å²) < 4.78 is 0. The van der Waals surface area contributed by atoms with Crippen LogP contribution in [-0.4, -0.2) is 0 Å². The van der Waals surface area contributed by atoms with Crippen molar-refractivity contribution in [3.63, 3.8) is 0 Å². The first-order valence-electron chi connectivity index (χ1n) is 6.02. The predicted octanol–water partition coefficient (Wildman–Crippen LogP) is 3.77. The number of nitrogens with two attached hydrogens (primary N) is 1. The zero-order valence-electron chi connectivity index (χ0n) is 9.77. The highest BCUT2D eigenvalue weighted by Crippen LogP contribution is 2.49. The Labute approximate surface area is 105 Å². The molecular formula is C16H12N2. The van der Waals surface area contributed by atoms with Crippen molar-refractivity contribution in [1.29, 1.82) is 0 Å². The first-order chi connectivity index (χ1) is 8.90. The van der Waals surface area contributed by atoms with Gasteiger partial charge in [-0.05, 0) is 33.5 Å². The SMILES string of the molecule is NNc1ccc2cccc3c2c1-c1ccccc1-3. The van der Waals surface area contributed by atoms with E-state index >= 15 is 0 Å². The molecule has 0 spiro atoms. The highest BCUT2D eigenvalue weighted by atomic mass is 15.2. The Kier molecular flexibility index (Phi) is 1.80. The van der Waals surface area contributed by atoms with Gasteiger partial charge in [-0.3, -0.25) is 5.84 Å². The third kappa shape index (κ3) is 1.05. The number of hydrogen-bond acceptors (Lipinski definition) is 2. The summed E-state index contributed by atoms with van der Waals surface area (Å²) in [5, 5.41) is 2.56. The molecule has 18 heavy (non-hydrogen) atoms. The van der Waals surface area contributed by atoms with Gasteiger partial charge in [0.2, 0.25) is 0 Å². The van der Waals surface area contributed by atoms with Crippen molar-refractivity contribution < 1.29 is 0 Å². The van der Waals surface area contributed by atoms with E-state index in [4.69, 9.17) is 5.84 Å². The van der Waals surface area contributed by atoms with Crippen LogP contribution in [0, 0.1) is 0 Å². The van der Waals surface area contributed by atoms with E-state index < -0.39 is 0 Å². The van der Waals surface area contributed by atoms with E-state index in [2.05, 4.69) is 54.0 Å². The minimum Gasteiger partial charge on any atom is -0.323 e. The fraction of sp³-hybridized carbons (Fsp3) is 0. The molecule has 3 aromatic rings. The summed E-state index contributed by atoms with van der Waals surface area (Å²) in [4.78, 5) is 0. The zero-order valence-corrected chi connectivity index (χ0v) is 9.77. The van der Waals surface area contributed by atoms with E-state index in [1.165, 1.54) is 33.0 Å². The highest BCUT2D eigenvalue weighted by molar-refractivity contribution is 6.18. The van der Waals surface area contributed by atoms with Crippen LogP contribution in [0.3, 0.4) is 0 Å². The molecule has 3 N–H and O–H groups in total. The van der Waals surface area contributed by atoms with Gasteiger partial charge in [-0.2, -0.15) is 0 Å². The van der Waals surface area contributed by atoms with E-state index in [0.29, 0.717) is 0 Å². The molecular weight excluding hydrogens is 220 g/mol. The molecule has 0 heterocycles. The van der Waals surface area contributed by atoms with Crippen LogP contribution in [-0.2, 0) is 0 Å². The fourth-order valence-corrected chi connectivity index (χ4v) is 2.94. The third-order valence-electron chi connectivity index (χ3n) is 3.69. The van der Waals surface area contributed by atoms with Crippen molar-refractivity contribution >= 4 is 16.5 Å². The lowest BCUT2D eigenvalue weighted by molar-refractivity contribution is 1.36. The van der Waals surface area contributed by atoms with E-state index in [-0.39, 0.29) is 0 Å². The lowest BCUT2D eigenvalue weighted by atomic mass is 10.0. The maximum absolute atomic E-state index is 5.65. The Morgan fingerprint density at radius 3 is 2.33 bits per heavy atom. The molecule has 2 nitrogen and oxygen atoms in total. The quantitative estimate of drug-likeness (QED) is 0.387. The van der Waals surface area contributed by atoms with Crippen molar-refractivity contribution in [1.82, 2.24) is 0 Å². The molecule has 3 aromatic carbocycles. The monoisotopic (exact) mass is 232 g/mol. The van der Waals surface area contributed by atoms with Crippen molar-refractivity contribution in [2.45, 2.75) is 0 Å². The average molecular weight is 232 g/mol. The minimum atomic E-state index is 0.986. The summed E-state index contributed by atoms with van der Waals surface area (Å²) in [5.41, 5.74) is 8.88. The van der Waals surface area contributed by atoms with Gasteiger partial charge in [0.05, 0.1) is 5.69 Å². The number of anilines is 1. The van der Waals surface area contributed by atoms with Crippen LogP contribution in [0.15, 0.2) is 54.6 Å². The van der Waals surface area contributed by atoms with Gasteiger partial charge in [0.15, 0.2) is 0 Å². The summed E-state index contributed by atoms with van der Waals surface area (Å²) >= 11 is 0. The lowest BCUT2D eigenvalue weighted by Gasteiger charge is -2.08. The second kappa shape index (κ2) is 3.34. The standard InChI is InChI=1S/C16H12N2/c17-18-14-9-8-10-4-3-7-12-11-5-1-2-6-13(11)16(14)15(10)12/h1-9,18H,17H2. The van der Waals surface area contributed by atoms with Gasteiger partial charge < -0.3 is 5.43 Å². The lowest BCUT2D eigenvalue weighted by Crippen LogP contribution is -2.07. The summed E-state index contributed by atoms with van der Waals surface area (Å²) in [6.45, 7) is 0. The summed E-state index contributed by atoms with van der Waals surface area (Å²) in [6, 6.07) is 19.1. The second-order valence-electron chi connectivity index (χ2n) is 4.58. The van der Waals surface area contributed by atoms with Gasteiger partial charge in [0.1, 0.15) is 0 Å². The number of benzene rings is 3. The van der Waals surface area contributed by atoms with Gasteiger partial charge in [-0.25, -0.2) is 0 Å². The van der Waals surface area contributed by atoms with Gasteiger partial charge in [0, 0.05) is 5.56 Å². The van der Waals surface area contributed by atoms with Gasteiger partial charge in [0.25, 0.3) is 0 Å². The average Bonchev–Trinajstić information content (AvgIpc) is 2.77. The van der Waals surface area contributed by atoms with E-state index in [1.54, 1.807) is 0 Å². The van der Waals surface area contributed by atoms with E-state index in [9.17, 15) is 0 Å². The molecule has 1 aliphatic carbocycles. The zero-order chi connectivity index (χ0) is 12.1. The molecule has 0 amide bonds. The molecule has 4 rings (SSSR count). The molecule has 2 heteroatoms. The first kappa shape index (κ1) is 9.68. The van der Waals surface area contributed by atoms with E-state index in [0.717, 1.165) is 5.69 Å². The van der Waals surface area contributed by atoms with Crippen LogP contribution in [0.25, 0.3) is 33.0 Å². The molecule has 0 atom stereocenters. The molecule has 0 saturated heterocycles. The topological polar surface area (TPSA) is 38.0 Å². The van der Waals surface area contributed by atoms with Crippen LogP contribution in [0.4, 0.5) is 5.69 Å². The Hall–Kier alpha value is -2.32. The fourth-order valence-electron chi connectivity index (χ4n) is 2.94. The van der Waals surface area contributed by atoms with Crippen molar-refractivity contribution in [2.75, 3.05) is 5.43 Å². The van der Waals surface area contributed by atoms with Gasteiger partial charge in [-0.1, -0.05) is 48.5 Å². The van der Waals surface area contributed by atoms with Crippen LogP contribution in [0.5, 0.6) is 0 Å². The Bertz CT molecular complexity index is 775. The van der Waals surface area contributed by atoms with Crippen LogP contribution in [0.1, 0.15) is 0 Å². The van der Waals surface area contributed by atoms with Gasteiger partial charge >= 0.3 is 0 Å². The van der Waals surface area contributed by atoms with Crippen LogP contribution < -0.4 is 11.3 Å². The molecule has 0 aromatic heterocycles. The van der Waals surface area contributed by atoms with E-state index in [1.807, 2.05) is 6.07 Å². The summed E-state index contributed by atoms with van der Waals surface area (Å²) in [6.07, 6.45) is 0. The molecule has 0 fully saturated rings. The Morgan fingerprint density at radius 1 is 0.722 bits per heavy atom. The van der Waals surface area contributed by atoms with Crippen molar-refractivity contribution in [3.8, 4) is 22.3 Å². The minimum absolute atomic E-state index is 0.986. The predicted molar refractivity (Wildman–Crippen MR) is 76.2 cm³/mol. The second-order valence-corrected chi connectivity index (χ2v) is 4.58. The van der Waals surface area contributed by atoms with Crippen LogP contribution in [0.2, 0.25) is 0 Å². The number of hydrazine groups is 1. The Balaban J connectivity index is 2.27. The molecule has 86 valence electrons. The Morgan fingerprint density at radius 2 is 1.50 bits per heavy atom. The normalized spacial score (nSPS) is 11.6. The van der Waals surface area contributed by atoms with Crippen molar-refractivity contribution in [2.24, 2.45) is 5.84 Å². The van der Waals surface area contributed by atoms with Gasteiger partial charge in [-0.15, -0.1) is 0 Å². The number of rotatable bonds is 1. The number of hydrogen-bond donors (Lipinski definition) is 2. The maximum Gasteiger partial charge on any atom is 0.0570 e. The smallest absolute Gasteiger partial charge is 0.0570 e. The molecule has 0 aliphatic heterocycles. The number of nitrogens with one attached hydrogen (secondary N) is 1. The summed E-state index contributed by atoms with van der Waals surface area (Å²) in [7, 11) is 0. The molecule has 0 saturated carbocycles. The third-order valence-corrected chi connectivity index (χ3v) is 3.69. The number of nitrogen functional groups attached to an aromatic ring is 1. The number of fused-ring (bicyclic) bond motifs is 3.